The van der Waals surface area contributed by atoms with Gasteiger partial charge in [-0.15, -0.1) is 0 Å². The maximum absolute atomic E-state index is 11.8. The summed E-state index contributed by atoms with van der Waals surface area (Å²) in [4.78, 5) is 11.8. The van der Waals surface area contributed by atoms with Crippen molar-refractivity contribution in [2.24, 2.45) is 0 Å². The molecular weight excluding hydrogens is 293 g/mol. The van der Waals surface area contributed by atoms with Gasteiger partial charge in [-0.05, 0) is 24.6 Å². The molecule has 0 heterocycles. The molecule has 1 aromatic rings. The molecule has 0 bridgehead atoms. The predicted molar refractivity (Wildman–Crippen MR) is 87.7 cm³/mol. The van der Waals surface area contributed by atoms with Gasteiger partial charge in [0.05, 0.1) is 10.7 Å². The third-order valence-electron chi connectivity index (χ3n) is 3.21. The lowest BCUT2D eigenvalue weighted by Crippen LogP contribution is -2.11. The van der Waals surface area contributed by atoms with Gasteiger partial charge in [-0.3, -0.25) is 4.79 Å². The molecule has 4 heteroatoms. The SMILES string of the molecule is CCCCCCCCCC(=O)Nc1ccc(Cl)cc1Cl. The number of anilines is 1. The van der Waals surface area contributed by atoms with Crippen molar-refractivity contribution in [3.8, 4) is 0 Å². The van der Waals surface area contributed by atoms with Crippen molar-refractivity contribution in [3.05, 3.63) is 28.2 Å². The number of rotatable bonds is 9. The summed E-state index contributed by atoms with van der Waals surface area (Å²) in [5, 5.41) is 3.87. The molecule has 112 valence electrons. The highest BCUT2D eigenvalue weighted by molar-refractivity contribution is 6.36. The summed E-state index contributed by atoms with van der Waals surface area (Å²) in [6, 6.07) is 5.08. The van der Waals surface area contributed by atoms with E-state index in [9.17, 15) is 4.79 Å². The van der Waals surface area contributed by atoms with Gasteiger partial charge in [0.2, 0.25) is 5.91 Å². The zero-order valence-corrected chi connectivity index (χ0v) is 13.6. The summed E-state index contributed by atoms with van der Waals surface area (Å²) in [7, 11) is 0. The van der Waals surface area contributed by atoms with E-state index < -0.39 is 0 Å². The number of hydrogen-bond acceptors (Lipinski definition) is 1. The van der Waals surface area contributed by atoms with Crippen LogP contribution in [0.25, 0.3) is 0 Å². The Balaban J connectivity index is 2.17. The maximum Gasteiger partial charge on any atom is 0.224 e. The molecule has 0 aliphatic rings. The standard InChI is InChI=1S/C16H23Cl2NO/c1-2-3-4-5-6-7-8-9-16(20)19-15-11-10-13(17)12-14(15)18/h10-12H,2-9H2,1H3,(H,19,20). The number of benzene rings is 1. The molecule has 1 amide bonds. The lowest BCUT2D eigenvalue weighted by molar-refractivity contribution is -0.116. The summed E-state index contributed by atoms with van der Waals surface area (Å²) < 4.78 is 0. The lowest BCUT2D eigenvalue weighted by Gasteiger charge is -2.07. The van der Waals surface area contributed by atoms with Crippen LogP contribution in [0.4, 0.5) is 5.69 Å². The van der Waals surface area contributed by atoms with E-state index in [1.165, 1.54) is 32.1 Å². The van der Waals surface area contributed by atoms with E-state index in [0.29, 0.717) is 22.2 Å². The molecule has 0 fully saturated rings. The highest BCUT2D eigenvalue weighted by Crippen LogP contribution is 2.25. The van der Waals surface area contributed by atoms with Crippen LogP contribution in [0.3, 0.4) is 0 Å². The number of hydrogen-bond donors (Lipinski definition) is 1. The van der Waals surface area contributed by atoms with E-state index in [1.54, 1.807) is 18.2 Å². The minimum Gasteiger partial charge on any atom is -0.325 e. The molecule has 20 heavy (non-hydrogen) atoms. The quantitative estimate of drug-likeness (QED) is 0.550. The molecule has 1 aromatic carbocycles. The second-order valence-corrected chi connectivity index (χ2v) is 5.89. The summed E-state index contributed by atoms with van der Waals surface area (Å²) in [6.45, 7) is 2.21. The maximum atomic E-state index is 11.8. The third kappa shape index (κ3) is 7.16. The Bertz CT molecular complexity index is 421. The molecule has 0 aliphatic carbocycles. The summed E-state index contributed by atoms with van der Waals surface area (Å²) in [5.41, 5.74) is 0.629. The monoisotopic (exact) mass is 315 g/mol. The Morgan fingerprint density at radius 1 is 1.05 bits per heavy atom. The highest BCUT2D eigenvalue weighted by Gasteiger charge is 2.06. The third-order valence-corrected chi connectivity index (χ3v) is 3.76. The molecule has 0 atom stereocenters. The first kappa shape index (κ1) is 17.3. The molecule has 0 aliphatic heterocycles. The Kier molecular flexibility index (Phi) is 8.72. The Morgan fingerprint density at radius 2 is 1.70 bits per heavy atom. The van der Waals surface area contributed by atoms with Crippen molar-refractivity contribution in [2.75, 3.05) is 5.32 Å². The van der Waals surface area contributed by atoms with Gasteiger partial charge < -0.3 is 5.32 Å². The van der Waals surface area contributed by atoms with E-state index in [4.69, 9.17) is 23.2 Å². The second kappa shape index (κ2) is 10.1. The number of halogens is 2. The Morgan fingerprint density at radius 3 is 2.35 bits per heavy atom. The first-order chi connectivity index (χ1) is 9.63. The van der Waals surface area contributed by atoms with E-state index in [1.807, 2.05) is 0 Å². The molecule has 0 aromatic heterocycles. The van der Waals surface area contributed by atoms with Crippen molar-refractivity contribution in [2.45, 2.75) is 58.3 Å². The predicted octanol–water partition coefficient (Wildman–Crippen LogP) is 6.07. The lowest BCUT2D eigenvalue weighted by atomic mass is 10.1. The second-order valence-electron chi connectivity index (χ2n) is 5.04. The van der Waals surface area contributed by atoms with Crippen molar-refractivity contribution < 1.29 is 4.79 Å². The van der Waals surface area contributed by atoms with Crippen molar-refractivity contribution in [1.29, 1.82) is 0 Å². The summed E-state index contributed by atoms with van der Waals surface area (Å²) in [6.07, 6.45) is 8.98. The van der Waals surface area contributed by atoms with Gasteiger partial charge in [0, 0.05) is 11.4 Å². The zero-order chi connectivity index (χ0) is 14.8. The Labute approximate surface area is 131 Å². The first-order valence-electron chi connectivity index (χ1n) is 7.38. The van der Waals surface area contributed by atoms with Gasteiger partial charge >= 0.3 is 0 Å². The summed E-state index contributed by atoms with van der Waals surface area (Å²) >= 11 is 11.8. The molecular formula is C16H23Cl2NO. The Hall–Kier alpha value is -0.730. The van der Waals surface area contributed by atoms with Crippen molar-refractivity contribution >= 4 is 34.8 Å². The van der Waals surface area contributed by atoms with Crippen molar-refractivity contribution in [3.63, 3.8) is 0 Å². The van der Waals surface area contributed by atoms with Gasteiger partial charge in [-0.2, -0.15) is 0 Å². The molecule has 0 radical (unpaired) electrons. The van der Waals surface area contributed by atoms with Crippen LogP contribution >= 0.6 is 23.2 Å². The minimum absolute atomic E-state index is 0.0165. The van der Waals surface area contributed by atoms with E-state index in [-0.39, 0.29) is 5.91 Å². The largest absolute Gasteiger partial charge is 0.325 e. The van der Waals surface area contributed by atoms with E-state index in [2.05, 4.69) is 12.2 Å². The summed E-state index contributed by atoms with van der Waals surface area (Å²) in [5.74, 6) is 0.0165. The van der Waals surface area contributed by atoms with Crippen LogP contribution in [0.15, 0.2) is 18.2 Å². The van der Waals surface area contributed by atoms with Crippen LogP contribution in [0.5, 0.6) is 0 Å². The normalized spacial score (nSPS) is 10.6. The average molecular weight is 316 g/mol. The van der Waals surface area contributed by atoms with Crippen LogP contribution in [-0.2, 0) is 4.79 Å². The van der Waals surface area contributed by atoms with E-state index in [0.717, 1.165) is 12.8 Å². The number of unbranched alkanes of at least 4 members (excludes halogenated alkanes) is 6. The molecule has 1 N–H and O–H groups in total. The molecule has 2 nitrogen and oxygen atoms in total. The smallest absolute Gasteiger partial charge is 0.224 e. The van der Waals surface area contributed by atoms with Gasteiger partial charge in [-0.1, -0.05) is 68.7 Å². The number of carbonyl (C=O) groups excluding carboxylic acids is 1. The van der Waals surface area contributed by atoms with Gasteiger partial charge in [0.25, 0.3) is 0 Å². The molecule has 0 spiro atoms. The van der Waals surface area contributed by atoms with Gasteiger partial charge in [0.1, 0.15) is 0 Å². The van der Waals surface area contributed by atoms with Crippen LogP contribution < -0.4 is 5.32 Å². The fourth-order valence-corrected chi connectivity index (χ4v) is 2.50. The highest BCUT2D eigenvalue weighted by atomic mass is 35.5. The first-order valence-corrected chi connectivity index (χ1v) is 8.14. The van der Waals surface area contributed by atoms with Crippen LogP contribution in [-0.4, -0.2) is 5.91 Å². The van der Waals surface area contributed by atoms with Crippen molar-refractivity contribution in [1.82, 2.24) is 0 Å². The molecule has 0 unspecified atom stereocenters. The number of amides is 1. The zero-order valence-electron chi connectivity index (χ0n) is 12.1. The molecule has 0 saturated heterocycles. The number of carbonyl (C=O) groups is 1. The van der Waals surface area contributed by atoms with Gasteiger partial charge in [0.15, 0.2) is 0 Å². The van der Waals surface area contributed by atoms with Crippen LogP contribution in [0.2, 0.25) is 10.0 Å². The molecule has 1 rings (SSSR count). The average Bonchev–Trinajstić information content (AvgIpc) is 2.41. The topological polar surface area (TPSA) is 29.1 Å². The van der Waals surface area contributed by atoms with Gasteiger partial charge in [-0.25, -0.2) is 0 Å². The fourth-order valence-electron chi connectivity index (χ4n) is 2.05. The number of nitrogens with one attached hydrogen (secondary N) is 1. The van der Waals surface area contributed by atoms with E-state index >= 15 is 0 Å². The molecule has 0 saturated carbocycles. The fraction of sp³-hybridized carbons (Fsp3) is 0.562. The minimum atomic E-state index is 0.0165. The van der Waals surface area contributed by atoms with Crippen LogP contribution in [0.1, 0.15) is 58.3 Å². The van der Waals surface area contributed by atoms with Crippen LogP contribution in [0, 0.1) is 0 Å².